The van der Waals surface area contributed by atoms with Crippen LogP contribution in [0.2, 0.25) is 5.02 Å². The van der Waals surface area contributed by atoms with Gasteiger partial charge in [0.05, 0.1) is 11.1 Å². The van der Waals surface area contributed by atoms with Crippen molar-refractivity contribution < 1.29 is 13.2 Å². The van der Waals surface area contributed by atoms with Gasteiger partial charge in [-0.05, 0) is 55.5 Å². The highest BCUT2D eigenvalue weighted by Crippen LogP contribution is 2.19. The Bertz CT molecular complexity index is 1310. The zero-order valence-electron chi connectivity index (χ0n) is 16.6. The molecular formula is C21H18ClN5O3S. The highest BCUT2D eigenvalue weighted by atomic mass is 35.5. The molecule has 1 amide bonds. The van der Waals surface area contributed by atoms with Gasteiger partial charge in [-0.25, -0.2) is 13.8 Å². The monoisotopic (exact) mass is 455 g/mol. The Kier molecular flexibility index (Phi) is 6.44. The van der Waals surface area contributed by atoms with Crippen LogP contribution in [0.4, 0.5) is 5.69 Å². The van der Waals surface area contributed by atoms with Crippen LogP contribution in [-0.2, 0) is 17.1 Å². The molecule has 0 atom stereocenters. The van der Waals surface area contributed by atoms with E-state index in [1.165, 1.54) is 42.6 Å². The van der Waals surface area contributed by atoms with Gasteiger partial charge in [-0.15, -0.1) is 0 Å². The molecule has 10 heteroatoms. The first-order valence-electron chi connectivity index (χ1n) is 8.99. The van der Waals surface area contributed by atoms with Crippen LogP contribution in [0, 0.1) is 18.3 Å². The third kappa shape index (κ3) is 5.12. The molecule has 0 unspecified atom stereocenters. The Hall–Kier alpha value is -3.61. The van der Waals surface area contributed by atoms with Gasteiger partial charge in [0.15, 0.2) is 0 Å². The SMILES string of the molecule is Cc1c(C=NNC(=O)c2cccc(S(=O)(=O)Nc3ccc(Cl)cc3)c2)cc(C#N)n1C. The molecule has 0 saturated carbocycles. The zero-order chi connectivity index (χ0) is 22.6. The standard InChI is InChI=1S/C21H18ClN5O3S/c1-14-16(10-19(12-23)27(14)2)13-24-25-21(28)15-4-3-5-20(11-15)31(29,30)26-18-8-6-17(22)7-9-18/h3-11,13,26H,1-2H3,(H,25,28). The number of aromatic nitrogens is 1. The maximum Gasteiger partial charge on any atom is 0.271 e. The second-order valence-electron chi connectivity index (χ2n) is 6.58. The summed E-state index contributed by atoms with van der Waals surface area (Å²) >= 11 is 5.81. The number of hydrogen-bond donors (Lipinski definition) is 2. The summed E-state index contributed by atoms with van der Waals surface area (Å²) in [6.45, 7) is 1.83. The van der Waals surface area contributed by atoms with Gasteiger partial charge < -0.3 is 4.57 Å². The second-order valence-corrected chi connectivity index (χ2v) is 8.70. The number of carbonyl (C=O) groups excluding carboxylic acids is 1. The van der Waals surface area contributed by atoms with Crippen molar-refractivity contribution in [3.8, 4) is 6.07 Å². The molecule has 0 saturated heterocycles. The number of carbonyl (C=O) groups is 1. The molecule has 0 fully saturated rings. The number of anilines is 1. The predicted molar refractivity (Wildman–Crippen MR) is 119 cm³/mol. The van der Waals surface area contributed by atoms with Gasteiger partial charge in [0.25, 0.3) is 15.9 Å². The number of nitrogens with zero attached hydrogens (tertiary/aromatic N) is 3. The summed E-state index contributed by atoms with van der Waals surface area (Å²) in [4.78, 5) is 12.3. The lowest BCUT2D eigenvalue weighted by Crippen LogP contribution is -2.19. The largest absolute Gasteiger partial charge is 0.339 e. The number of hydrazone groups is 1. The molecule has 1 aromatic heterocycles. The van der Waals surface area contributed by atoms with Gasteiger partial charge in [0, 0.05) is 34.6 Å². The number of amides is 1. The highest BCUT2D eigenvalue weighted by Gasteiger charge is 2.16. The quantitative estimate of drug-likeness (QED) is 0.437. The van der Waals surface area contributed by atoms with Crippen LogP contribution in [0.3, 0.4) is 0 Å². The average molecular weight is 456 g/mol. The summed E-state index contributed by atoms with van der Waals surface area (Å²) in [6.07, 6.45) is 1.43. The highest BCUT2D eigenvalue weighted by molar-refractivity contribution is 7.92. The van der Waals surface area contributed by atoms with Crippen molar-refractivity contribution in [2.24, 2.45) is 12.1 Å². The molecule has 0 spiro atoms. The number of sulfonamides is 1. The molecule has 2 N–H and O–H groups in total. The summed E-state index contributed by atoms with van der Waals surface area (Å²) < 4.78 is 29.4. The lowest BCUT2D eigenvalue weighted by Gasteiger charge is -2.09. The van der Waals surface area contributed by atoms with Crippen LogP contribution in [-0.4, -0.2) is 25.1 Å². The van der Waals surface area contributed by atoms with Crippen molar-refractivity contribution >= 4 is 39.4 Å². The molecule has 31 heavy (non-hydrogen) atoms. The molecule has 3 aromatic rings. The molecule has 0 aliphatic rings. The minimum atomic E-state index is -3.90. The lowest BCUT2D eigenvalue weighted by atomic mass is 10.2. The maximum absolute atomic E-state index is 12.6. The first-order valence-corrected chi connectivity index (χ1v) is 10.9. The molecule has 1 heterocycles. The fraction of sp³-hybridized carbons (Fsp3) is 0.0952. The van der Waals surface area contributed by atoms with E-state index in [4.69, 9.17) is 16.9 Å². The first-order chi connectivity index (χ1) is 14.7. The van der Waals surface area contributed by atoms with Crippen molar-refractivity contribution in [1.82, 2.24) is 9.99 Å². The van der Waals surface area contributed by atoms with Crippen molar-refractivity contribution in [1.29, 1.82) is 5.26 Å². The van der Waals surface area contributed by atoms with Crippen LogP contribution in [0.1, 0.15) is 27.3 Å². The van der Waals surface area contributed by atoms with Gasteiger partial charge in [0.2, 0.25) is 0 Å². The van der Waals surface area contributed by atoms with Crippen molar-refractivity contribution in [2.45, 2.75) is 11.8 Å². The number of halogens is 1. The normalized spacial score (nSPS) is 11.3. The van der Waals surface area contributed by atoms with Crippen molar-refractivity contribution in [3.05, 3.63) is 82.1 Å². The first kappa shape index (κ1) is 22.1. The minimum absolute atomic E-state index is 0.0726. The number of nitrogens with one attached hydrogen (secondary N) is 2. The molecular weight excluding hydrogens is 438 g/mol. The van der Waals surface area contributed by atoms with Crippen LogP contribution >= 0.6 is 11.6 Å². The average Bonchev–Trinajstić information content (AvgIpc) is 3.03. The molecule has 0 aliphatic carbocycles. The van der Waals surface area contributed by atoms with Crippen LogP contribution < -0.4 is 10.1 Å². The van der Waals surface area contributed by atoms with E-state index in [0.717, 1.165) is 5.69 Å². The van der Waals surface area contributed by atoms with E-state index in [-0.39, 0.29) is 10.5 Å². The summed E-state index contributed by atoms with van der Waals surface area (Å²) in [5, 5.41) is 13.5. The molecule has 158 valence electrons. The third-order valence-corrected chi connectivity index (χ3v) is 6.19. The molecule has 8 nitrogen and oxygen atoms in total. The Morgan fingerprint density at radius 2 is 1.90 bits per heavy atom. The molecule has 0 aliphatic heterocycles. The van der Waals surface area contributed by atoms with Gasteiger partial charge in [-0.2, -0.15) is 10.4 Å². The van der Waals surface area contributed by atoms with Crippen molar-refractivity contribution in [2.75, 3.05) is 4.72 Å². The Labute approximate surface area is 184 Å². The van der Waals surface area contributed by atoms with E-state index < -0.39 is 15.9 Å². The van der Waals surface area contributed by atoms with Crippen LogP contribution in [0.15, 0.2) is 64.6 Å². The summed E-state index contributed by atoms with van der Waals surface area (Å²) in [5.74, 6) is -0.575. The van der Waals surface area contributed by atoms with E-state index in [1.54, 1.807) is 29.8 Å². The van der Waals surface area contributed by atoms with E-state index in [0.29, 0.717) is 22.0 Å². The van der Waals surface area contributed by atoms with Gasteiger partial charge in [0.1, 0.15) is 11.8 Å². The van der Waals surface area contributed by atoms with E-state index in [2.05, 4.69) is 21.3 Å². The molecule has 0 radical (unpaired) electrons. The molecule has 3 rings (SSSR count). The maximum atomic E-state index is 12.6. The summed E-state index contributed by atoms with van der Waals surface area (Å²) in [5.41, 5.74) is 4.80. The zero-order valence-corrected chi connectivity index (χ0v) is 18.2. The fourth-order valence-corrected chi connectivity index (χ4v) is 3.95. The van der Waals surface area contributed by atoms with Gasteiger partial charge in [-0.1, -0.05) is 17.7 Å². The van der Waals surface area contributed by atoms with Crippen LogP contribution in [0.5, 0.6) is 0 Å². The number of nitriles is 1. The van der Waals surface area contributed by atoms with Crippen LogP contribution in [0.25, 0.3) is 0 Å². The Balaban J connectivity index is 1.74. The van der Waals surface area contributed by atoms with Gasteiger partial charge in [-0.3, -0.25) is 9.52 Å². The van der Waals surface area contributed by atoms with Crippen molar-refractivity contribution in [3.63, 3.8) is 0 Å². The predicted octanol–water partition coefficient (Wildman–Crippen LogP) is 3.42. The van der Waals surface area contributed by atoms with E-state index in [9.17, 15) is 13.2 Å². The topological polar surface area (TPSA) is 116 Å². The minimum Gasteiger partial charge on any atom is -0.339 e. The van der Waals surface area contributed by atoms with E-state index >= 15 is 0 Å². The summed E-state index contributed by atoms with van der Waals surface area (Å²) in [7, 11) is -2.14. The fourth-order valence-electron chi connectivity index (χ4n) is 2.72. The Morgan fingerprint density at radius 3 is 2.55 bits per heavy atom. The van der Waals surface area contributed by atoms with Gasteiger partial charge >= 0.3 is 0 Å². The molecule has 2 aromatic carbocycles. The third-order valence-electron chi connectivity index (χ3n) is 4.56. The number of hydrogen-bond acceptors (Lipinski definition) is 5. The lowest BCUT2D eigenvalue weighted by molar-refractivity contribution is 0.0955. The van der Waals surface area contributed by atoms with E-state index in [1.807, 2.05) is 6.92 Å². The number of rotatable bonds is 6. The Morgan fingerprint density at radius 1 is 1.19 bits per heavy atom. The second kappa shape index (κ2) is 9.04. The molecule has 0 bridgehead atoms. The smallest absolute Gasteiger partial charge is 0.271 e. The number of benzene rings is 2. The summed E-state index contributed by atoms with van der Waals surface area (Å²) in [6, 6.07) is 15.5.